The Bertz CT molecular complexity index is 1270. The topological polar surface area (TPSA) is 136 Å². The van der Waals surface area contributed by atoms with E-state index < -0.39 is 5.91 Å². The largest absolute Gasteiger partial charge is 0.398 e. The van der Waals surface area contributed by atoms with E-state index in [1.54, 1.807) is 18.3 Å². The fourth-order valence-electron chi connectivity index (χ4n) is 3.54. The number of benzene rings is 2. The Labute approximate surface area is 192 Å². The summed E-state index contributed by atoms with van der Waals surface area (Å²) in [7, 11) is 1.45. The predicted octanol–water partition coefficient (Wildman–Crippen LogP) is 3.35. The first-order valence-electron chi connectivity index (χ1n) is 10.3. The second kappa shape index (κ2) is 10.4. The van der Waals surface area contributed by atoms with Crippen LogP contribution in [0.3, 0.4) is 0 Å². The molecular weight excluding hydrogens is 418 g/mol. The van der Waals surface area contributed by atoms with Crippen LogP contribution in [0.25, 0.3) is 22.0 Å². The van der Waals surface area contributed by atoms with Crippen molar-refractivity contribution in [1.29, 1.82) is 0 Å². The summed E-state index contributed by atoms with van der Waals surface area (Å²) in [4.78, 5) is 24.2. The average molecular weight is 446 g/mol. The summed E-state index contributed by atoms with van der Waals surface area (Å²) >= 11 is 0. The van der Waals surface area contributed by atoms with Gasteiger partial charge in [-0.25, -0.2) is 0 Å². The molecule has 1 aromatic heterocycles. The molecule has 2 aromatic carbocycles. The van der Waals surface area contributed by atoms with Crippen LogP contribution in [0.5, 0.6) is 0 Å². The number of methoxy groups -OCH3 is 1. The van der Waals surface area contributed by atoms with E-state index in [1.165, 1.54) is 7.11 Å². The van der Waals surface area contributed by atoms with Gasteiger partial charge >= 0.3 is 0 Å². The van der Waals surface area contributed by atoms with Crippen LogP contribution in [-0.4, -0.2) is 35.7 Å². The molecule has 0 aliphatic rings. The highest BCUT2D eigenvalue weighted by Crippen LogP contribution is 2.29. The van der Waals surface area contributed by atoms with Crippen LogP contribution >= 0.6 is 0 Å². The maximum absolute atomic E-state index is 12.2. The Morgan fingerprint density at radius 3 is 2.61 bits per heavy atom. The molecule has 170 valence electrons. The number of allylic oxidation sites excluding steroid dienone is 3. The summed E-state index contributed by atoms with van der Waals surface area (Å²) in [6.07, 6.45) is 3.68. The van der Waals surface area contributed by atoms with E-state index in [1.807, 2.05) is 43.3 Å². The number of fused-ring (bicyclic) bond motifs is 1. The standard InChI is InChI=1S/C25H27N5O3/c1-15(17-7-4-5-9-21(17)29-23(31)14-33-3)11-12-19(25(27)32)24(26)16(2)18-8-6-10-22-20(18)13-28-30-22/h4-10,12-13H,1,11,14,26H2,2-3H3,(H2,27,32)(H,28,30)(H,29,31)/b19-12+,24-16-. The van der Waals surface area contributed by atoms with Crippen molar-refractivity contribution in [3.63, 3.8) is 0 Å². The Morgan fingerprint density at radius 1 is 1.15 bits per heavy atom. The third-order valence-corrected chi connectivity index (χ3v) is 5.26. The lowest BCUT2D eigenvalue weighted by Crippen LogP contribution is -2.20. The summed E-state index contributed by atoms with van der Waals surface area (Å²) in [5, 5.41) is 10.7. The van der Waals surface area contributed by atoms with Crippen molar-refractivity contribution >= 4 is 39.6 Å². The number of H-pyrrole nitrogens is 1. The van der Waals surface area contributed by atoms with E-state index >= 15 is 0 Å². The molecule has 0 saturated carbocycles. The van der Waals surface area contributed by atoms with Gasteiger partial charge in [-0.2, -0.15) is 5.10 Å². The molecule has 0 unspecified atom stereocenters. The van der Waals surface area contributed by atoms with Crippen molar-refractivity contribution in [3.8, 4) is 0 Å². The third-order valence-electron chi connectivity index (χ3n) is 5.26. The number of nitrogens with one attached hydrogen (secondary N) is 2. The van der Waals surface area contributed by atoms with Crippen molar-refractivity contribution in [1.82, 2.24) is 10.2 Å². The van der Waals surface area contributed by atoms with Crippen molar-refractivity contribution in [2.24, 2.45) is 11.5 Å². The minimum Gasteiger partial charge on any atom is -0.398 e. The molecule has 2 amide bonds. The van der Waals surface area contributed by atoms with Crippen LogP contribution in [0.1, 0.15) is 24.5 Å². The Morgan fingerprint density at radius 2 is 1.88 bits per heavy atom. The van der Waals surface area contributed by atoms with E-state index in [4.69, 9.17) is 16.2 Å². The summed E-state index contributed by atoms with van der Waals surface area (Å²) in [6.45, 7) is 5.90. The first-order chi connectivity index (χ1) is 15.8. The van der Waals surface area contributed by atoms with Crippen LogP contribution in [-0.2, 0) is 14.3 Å². The minimum atomic E-state index is -0.638. The van der Waals surface area contributed by atoms with Crippen molar-refractivity contribution in [3.05, 3.63) is 83.7 Å². The zero-order chi connectivity index (χ0) is 24.0. The van der Waals surface area contributed by atoms with Crippen LogP contribution in [0.15, 0.2) is 72.6 Å². The van der Waals surface area contributed by atoms with Gasteiger partial charge in [0.15, 0.2) is 0 Å². The highest BCUT2D eigenvalue weighted by atomic mass is 16.5. The van der Waals surface area contributed by atoms with Gasteiger partial charge < -0.3 is 21.5 Å². The first-order valence-corrected chi connectivity index (χ1v) is 10.3. The Kier molecular flexibility index (Phi) is 7.42. The molecular formula is C25H27N5O3. The summed E-state index contributed by atoms with van der Waals surface area (Å²) in [5.74, 6) is -0.914. The SMILES string of the molecule is C=C(C/C=C(C(N)=O)\C(N)=C(/C)c1cccc2[nH]ncc12)c1ccccc1NC(=O)COC. The van der Waals surface area contributed by atoms with Gasteiger partial charge in [0.1, 0.15) is 6.61 Å². The molecule has 0 aliphatic heterocycles. The second-order valence-corrected chi connectivity index (χ2v) is 7.49. The monoisotopic (exact) mass is 445 g/mol. The first kappa shape index (κ1) is 23.5. The van der Waals surface area contributed by atoms with Crippen LogP contribution < -0.4 is 16.8 Å². The number of ether oxygens (including phenoxy) is 1. The van der Waals surface area contributed by atoms with Crippen LogP contribution in [0.4, 0.5) is 5.69 Å². The van der Waals surface area contributed by atoms with E-state index in [0.717, 1.165) is 22.0 Å². The van der Waals surface area contributed by atoms with E-state index in [0.29, 0.717) is 23.3 Å². The Balaban J connectivity index is 1.90. The number of anilines is 1. The van der Waals surface area contributed by atoms with Crippen LogP contribution in [0.2, 0.25) is 0 Å². The number of carbonyl (C=O) groups excluding carboxylic acids is 2. The molecule has 6 N–H and O–H groups in total. The summed E-state index contributed by atoms with van der Waals surface area (Å²) in [5.41, 5.74) is 17.0. The number of nitrogens with two attached hydrogens (primary N) is 2. The number of aromatic nitrogens is 2. The molecule has 1 heterocycles. The van der Waals surface area contributed by atoms with E-state index in [2.05, 4.69) is 22.1 Å². The molecule has 0 saturated heterocycles. The highest BCUT2D eigenvalue weighted by molar-refractivity contribution is 6.01. The quantitative estimate of drug-likeness (QED) is 0.296. The number of carbonyl (C=O) groups is 2. The number of hydrogen-bond acceptors (Lipinski definition) is 5. The van der Waals surface area contributed by atoms with Gasteiger partial charge in [-0.1, -0.05) is 43.0 Å². The van der Waals surface area contributed by atoms with Crippen molar-refractivity contribution in [2.75, 3.05) is 19.0 Å². The molecule has 0 spiro atoms. The molecule has 8 heteroatoms. The average Bonchev–Trinajstić information content (AvgIpc) is 3.27. The highest BCUT2D eigenvalue weighted by Gasteiger charge is 2.15. The maximum atomic E-state index is 12.2. The predicted molar refractivity (Wildman–Crippen MR) is 131 cm³/mol. The number of para-hydroxylation sites is 1. The van der Waals surface area contributed by atoms with Crippen molar-refractivity contribution < 1.29 is 14.3 Å². The molecule has 3 aromatic rings. The van der Waals surface area contributed by atoms with Crippen LogP contribution in [0, 0.1) is 0 Å². The fraction of sp³-hybridized carbons (Fsp3) is 0.160. The molecule has 33 heavy (non-hydrogen) atoms. The van der Waals surface area contributed by atoms with Gasteiger partial charge in [0, 0.05) is 29.4 Å². The van der Waals surface area contributed by atoms with E-state index in [9.17, 15) is 9.59 Å². The van der Waals surface area contributed by atoms with Gasteiger partial charge in [-0.3, -0.25) is 14.7 Å². The molecule has 8 nitrogen and oxygen atoms in total. The van der Waals surface area contributed by atoms with Gasteiger partial charge in [0.2, 0.25) is 11.8 Å². The summed E-state index contributed by atoms with van der Waals surface area (Å²) < 4.78 is 4.87. The molecule has 0 radical (unpaired) electrons. The molecule has 0 fully saturated rings. The number of primary amides is 1. The third kappa shape index (κ3) is 5.36. The minimum absolute atomic E-state index is 0.0590. The zero-order valence-electron chi connectivity index (χ0n) is 18.6. The number of aromatic amines is 1. The van der Waals surface area contributed by atoms with Crippen molar-refractivity contribution in [2.45, 2.75) is 13.3 Å². The number of nitrogens with zero attached hydrogens (tertiary/aromatic N) is 1. The second-order valence-electron chi connectivity index (χ2n) is 7.49. The van der Waals surface area contributed by atoms with Gasteiger partial charge in [0.25, 0.3) is 0 Å². The molecule has 3 rings (SSSR count). The lowest BCUT2D eigenvalue weighted by atomic mass is 9.96. The molecule has 0 bridgehead atoms. The molecule has 0 atom stereocenters. The normalized spacial score (nSPS) is 12.4. The lowest BCUT2D eigenvalue weighted by molar-refractivity contribution is -0.119. The molecule has 0 aliphatic carbocycles. The van der Waals surface area contributed by atoms with Gasteiger partial charge in [0.05, 0.1) is 17.3 Å². The Hall–Kier alpha value is -4.17. The smallest absolute Gasteiger partial charge is 0.250 e. The van der Waals surface area contributed by atoms with Gasteiger partial charge in [-0.15, -0.1) is 0 Å². The van der Waals surface area contributed by atoms with E-state index in [-0.39, 0.29) is 23.8 Å². The maximum Gasteiger partial charge on any atom is 0.250 e. The number of hydrogen-bond donors (Lipinski definition) is 4. The van der Waals surface area contributed by atoms with Gasteiger partial charge in [-0.05, 0) is 42.2 Å². The zero-order valence-corrected chi connectivity index (χ0v) is 18.6. The summed E-state index contributed by atoms with van der Waals surface area (Å²) in [6, 6.07) is 13.0. The number of rotatable bonds is 9. The number of amides is 2. The fourth-order valence-corrected chi connectivity index (χ4v) is 3.54. The lowest BCUT2D eigenvalue weighted by Gasteiger charge is -2.14.